The average molecular weight is 328 g/mol. The molecule has 1 heterocycles. The molecular weight excluding hydrogens is 304 g/mol. The minimum Gasteiger partial charge on any atom is -0.444 e. The summed E-state index contributed by atoms with van der Waals surface area (Å²) in [5.41, 5.74) is 0.717. The lowest BCUT2D eigenvalue weighted by atomic mass is 10.0. The molecule has 2 amide bonds. The van der Waals surface area contributed by atoms with E-state index in [1.54, 1.807) is 29.2 Å². The second-order valence-electron chi connectivity index (χ2n) is 6.96. The first-order chi connectivity index (χ1) is 11.3. The number of hydrogen-bond acceptors (Lipinski definition) is 3. The van der Waals surface area contributed by atoms with Crippen molar-refractivity contribution < 1.29 is 14.3 Å². The van der Waals surface area contributed by atoms with Gasteiger partial charge in [-0.1, -0.05) is 12.0 Å². The van der Waals surface area contributed by atoms with Crippen LogP contribution in [0.5, 0.6) is 0 Å². The molecule has 1 aromatic rings. The Morgan fingerprint density at radius 3 is 2.79 bits per heavy atom. The van der Waals surface area contributed by atoms with Gasteiger partial charge < -0.3 is 15.0 Å². The Bertz CT molecular complexity index is 655. The molecular formula is C19H24N2O3. The van der Waals surface area contributed by atoms with Gasteiger partial charge in [0.25, 0.3) is 5.91 Å². The lowest BCUT2D eigenvalue weighted by Crippen LogP contribution is -2.50. The van der Waals surface area contributed by atoms with Crippen LogP contribution in [0.25, 0.3) is 0 Å². The lowest BCUT2D eigenvalue weighted by molar-refractivity contribution is 0.0452. The summed E-state index contributed by atoms with van der Waals surface area (Å²) in [7, 11) is 0. The first-order valence-electron chi connectivity index (χ1n) is 8.14. The number of amides is 2. The zero-order chi connectivity index (χ0) is 17.7. The summed E-state index contributed by atoms with van der Waals surface area (Å²) in [5, 5.41) is 2.85. The molecule has 5 heteroatoms. The molecule has 0 aliphatic carbocycles. The average Bonchev–Trinajstić information content (AvgIpc) is 2.52. The van der Waals surface area contributed by atoms with Crippen LogP contribution in [-0.2, 0) is 4.74 Å². The summed E-state index contributed by atoms with van der Waals surface area (Å²) < 4.78 is 5.28. The van der Waals surface area contributed by atoms with Crippen molar-refractivity contribution >= 4 is 12.0 Å². The highest BCUT2D eigenvalue weighted by Gasteiger charge is 2.27. The van der Waals surface area contributed by atoms with Crippen molar-refractivity contribution in [2.24, 2.45) is 0 Å². The van der Waals surface area contributed by atoms with Crippen LogP contribution in [-0.4, -0.2) is 41.6 Å². The van der Waals surface area contributed by atoms with Crippen LogP contribution in [0.3, 0.4) is 0 Å². The molecule has 1 fully saturated rings. The second kappa shape index (κ2) is 7.39. The number of rotatable bonds is 2. The van der Waals surface area contributed by atoms with Crippen molar-refractivity contribution in [1.29, 1.82) is 0 Å². The van der Waals surface area contributed by atoms with Crippen molar-refractivity contribution in [3.05, 3.63) is 35.4 Å². The SMILES string of the molecule is C#Cc1cccc(C(=O)N2CCCC(NC(=O)OC(C)(C)C)C2)c1. The zero-order valence-corrected chi connectivity index (χ0v) is 14.5. The summed E-state index contributed by atoms with van der Waals surface area (Å²) in [6.45, 7) is 6.61. The Balaban J connectivity index is 1.98. The molecule has 128 valence electrons. The number of nitrogens with zero attached hydrogens (tertiary/aromatic N) is 1. The van der Waals surface area contributed by atoms with Gasteiger partial charge in [0.1, 0.15) is 5.60 Å². The first-order valence-corrected chi connectivity index (χ1v) is 8.14. The van der Waals surface area contributed by atoms with E-state index in [9.17, 15) is 9.59 Å². The molecule has 5 nitrogen and oxygen atoms in total. The zero-order valence-electron chi connectivity index (χ0n) is 14.5. The van der Waals surface area contributed by atoms with Gasteiger partial charge in [0.2, 0.25) is 0 Å². The van der Waals surface area contributed by atoms with Gasteiger partial charge in [0.05, 0.1) is 0 Å². The van der Waals surface area contributed by atoms with Crippen molar-refractivity contribution in [3.8, 4) is 12.3 Å². The third-order valence-corrected chi connectivity index (χ3v) is 3.71. The standard InChI is InChI=1S/C19H24N2O3/c1-5-14-8-6-9-15(12-14)17(22)21-11-7-10-16(13-21)20-18(23)24-19(2,3)4/h1,6,8-9,12,16H,7,10-11,13H2,2-4H3,(H,20,23). The van der Waals surface area contributed by atoms with Gasteiger partial charge in [0, 0.05) is 30.3 Å². The Morgan fingerprint density at radius 1 is 1.38 bits per heavy atom. The van der Waals surface area contributed by atoms with Gasteiger partial charge in [0.15, 0.2) is 0 Å². The number of benzene rings is 1. The Kier molecular flexibility index (Phi) is 5.50. The summed E-state index contributed by atoms with van der Waals surface area (Å²) >= 11 is 0. The van der Waals surface area contributed by atoms with E-state index in [2.05, 4.69) is 11.2 Å². The number of carbonyl (C=O) groups excluding carboxylic acids is 2. The maximum Gasteiger partial charge on any atom is 0.407 e. The molecule has 1 atom stereocenters. The summed E-state index contributed by atoms with van der Waals surface area (Å²) in [5.74, 6) is 2.47. The smallest absolute Gasteiger partial charge is 0.407 e. The van der Waals surface area contributed by atoms with Gasteiger partial charge in [-0.25, -0.2) is 4.79 Å². The van der Waals surface area contributed by atoms with Gasteiger partial charge in [-0.05, 0) is 51.8 Å². The fourth-order valence-electron chi connectivity index (χ4n) is 2.68. The highest BCUT2D eigenvalue weighted by atomic mass is 16.6. The third kappa shape index (κ3) is 5.02. The van der Waals surface area contributed by atoms with Crippen LogP contribution in [0.2, 0.25) is 0 Å². The molecule has 1 unspecified atom stereocenters. The van der Waals surface area contributed by atoms with E-state index in [-0.39, 0.29) is 11.9 Å². The Hall–Kier alpha value is -2.48. The molecule has 24 heavy (non-hydrogen) atoms. The first kappa shape index (κ1) is 17.9. The summed E-state index contributed by atoms with van der Waals surface area (Å²) in [6, 6.07) is 6.94. The topological polar surface area (TPSA) is 58.6 Å². The Labute approximate surface area is 143 Å². The van der Waals surface area contributed by atoms with Crippen LogP contribution in [0.15, 0.2) is 24.3 Å². The number of likely N-dealkylation sites (tertiary alicyclic amines) is 1. The number of piperidine rings is 1. The van der Waals surface area contributed by atoms with Gasteiger partial charge in [-0.2, -0.15) is 0 Å². The molecule has 0 spiro atoms. The number of nitrogens with one attached hydrogen (secondary N) is 1. The molecule has 1 aliphatic rings. The van der Waals surface area contributed by atoms with Crippen molar-refractivity contribution in [3.63, 3.8) is 0 Å². The number of terminal acetylenes is 1. The van der Waals surface area contributed by atoms with Crippen LogP contribution < -0.4 is 5.32 Å². The highest BCUT2D eigenvalue weighted by molar-refractivity contribution is 5.94. The van der Waals surface area contributed by atoms with Gasteiger partial charge in [-0.15, -0.1) is 6.42 Å². The minimum atomic E-state index is -0.538. The van der Waals surface area contributed by atoms with E-state index in [4.69, 9.17) is 11.2 Å². The number of carbonyl (C=O) groups is 2. The predicted molar refractivity (Wildman–Crippen MR) is 92.7 cm³/mol. The Morgan fingerprint density at radius 2 is 2.12 bits per heavy atom. The maximum absolute atomic E-state index is 12.6. The molecule has 0 radical (unpaired) electrons. The quantitative estimate of drug-likeness (QED) is 0.849. The van der Waals surface area contributed by atoms with Crippen molar-refractivity contribution in [1.82, 2.24) is 10.2 Å². The normalized spacial score (nSPS) is 17.8. The molecule has 0 aromatic heterocycles. The molecule has 1 N–H and O–H groups in total. The number of ether oxygens (including phenoxy) is 1. The maximum atomic E-state index is 12.6. The van der Waals surface area contributed by atoms with Crippen molar-refractivity contribution in [2.75, 3.05) is 13.1 Å². The molecule has 1 aliphatic heterocycles. The van der Waals surface area contributed by atoms with E-state index in [1.807, 2.05) is 20.8 Å². The summed E-state index contributed by atoms with van der Waals surface area (Å²) in [6.07, 6.45) is 6.60. The number of alkyl carbamates (subject to hydrolysis) is 1. The molecule has 0 saturated carbocycles. The molecule has 0 bridgehead atoms. The van der Waals surface area contributed by atoms with Crippen LogP contribution >= 0.6 is 0 Å². The predicted octanol–water partition coefficient (Wildman–Crippen LogP) is 2.80. The van der Waals surface area contributed by atoms with E-state index in [0.29, 0.717) is 24.2 Å². The highest BCUT2D eigenvalue weighted by Crippen LogP contribution is 2.16. The van der Waals surface area contributed by atoms with Crippen LogP contribution in [0.1, 0.15) is 49.5 Å². The molecule has 2 rings (SSSR count). The third-order valence-electron chi connectivity index (χ3n) is 3.71. The van der Waals surface area contributed by atoms with Gasteiger partial charge in [-0.3, -0.25) is 4.79 Å². The van der Waals surface area contributed by atoms with Crippen molar-refractivity contribution in [2.45, 2.75) is 45.3 Å². The second-order valence-corrected chi connectivity index (χ2v) is 6.96. The van der Waals surface area contributed by atoms with E-state index in [0.717, 1.165) is 12.8 Å². The minimum absolute atomic E-state index is 0.0669. The largest absolute Gasteiger partial charge is 0.444 e. The fourth-order valence-corrected chi connectivity index (χ4v) is 2.68. The fraction of sp³-hybridized carbons (Fsp3) is 0.474. The van der Waals surface area contributed by atoms with Crippen LogP contribution in [0.4, 0.5) is 4.79 Å². The van der Waals surface area contributed by atoms with E-state index >= 15 is 0 Å². The van der Waals surface area contributed by atoms with Gasteiger partial charge >= 0.3 is 6.09 Å². The molecule has 1 aromatic carbocycles. The van der Waals surface area contributed by atoms with E-state index < -0.39 is 11.7 Å². The number of hydrogen-bond donors (Lipinski definition) is 1. The van der Waals surface area contributed by atoms with Crippen LogP contribution in [0, 0.1) is 12.3 Å². The monoisotopic (exact) mass is 328 g/mol. The van der Waals surface area contributed by atoms with E-state index in [1.165, 1.54) is 0 Å². The molecule has 1 saturated heterocycles. The lowest BCUT2D eigenvalue weighted by Gasteiger charge is -2.33. The summed E-state index contributed by atoms with van der Waals surface area (Å²) in [4.78, 5) is 26.3.